The predicted octanol–water partition coefficient (Wildman–Crippen LogP) is 2.04. The van der Waals surface area contributed by atoms with Gasteiger partial charge in [0.1, 0.15) is 0 Å². The van der Waals surface area contributed by atoms with Gasteiger partial charge in [-0.2, -0.15) is 0 Å². The summed E-state index contributed by atoms with van der Waals surface area (Å²) in [6.07, 6.45) is 0. The number of benzene rings is 1. The van der Waals surface area contributed by atoms with Gasteiger partial charge in [0.05, 0.1) is 4.75 Å². The van der Waals surface area contributed by atoms with Gasteiger partial charge in [-0.25, -0.2) is 0 Å². The van der Waals surface area contributed by atoms with E-state index in [2.05, 4.69) is 0 Å². The highest BCUT2D eigenvalue weighted by molar-refractivity contribution is 8.01. The Morgan fingerprint density at radius 1 is 1.31 bits per heavy atom. The normalized spacial score (nSPS) is 11.2. The summed E-state index contributed by atoms with van der Waals surface area (Å²) in [5.41, 5.74) is 5.26. The SMILES string of the molecule is CC(C)(Sc1ccccc1)C(N)=O. The molecule has 0 aliphatic rings. The third-order valence-electron chi connectivity index (χ3n) is 1.71. The van der Waals surface area contributed by atoms with Crippen LogP contribution in [0.15, 0.2) is 35.2 Å². The van der Waals surface area contributed by atoms with Crippen LogP contribution in [0.3, 0.4) is 0 Å². The zero-order valence-electron chi connectivity index (χ0n) is 7.78. The first-order valence-corrected chi connectivity index (χ1v) is 4.88. The smallest absolute Gasteiger partial charge is 0.233 e. The van der Waals surface area contributed by atoms with Gasteiger partial charge in [0.25, 0.3) is 0 Å². The van der Waals surface area contributed by atoms with Crippen LogP contribution in [-0.2, 0) is 4.79 Å². The van der Waals surface area contributed by atoms with Gasteiger partial charge in [-0.05, 0) is 26.0 Å². The van der Waals surface area contributed by atoms with Gasteiger partial charge < -0.3 is 5.73 Å². The maximum atomic E-state index is 11.0. The molecule has 0 aliphatic heterocycles. The van der Waals surface area contributed by atoms with Crippen LogP contribution in [0.1, 0.15) is 13.8 Å². The van der Waals surface area contributed by atoms with Gasteiger partial charge >= 0.3 is 0 Å². The van der Waals surface area contributed by atoms with Crippen LogP contribution in [-0.4, -0.2) is 10.7 Å². The van der Waals surface area contributed by atoms with Gasteiger partial charge in [-0.15, -0.1) is 11.8 Å². The lowest BCUT2D eigenvalue weighted by atomic mass is 10.2. The van der Waals surface area contributed by atoms with E-state index in [9.17, 15) is 4.79 Å². The molecule has 1 amide bonds. The largest absolute Gasteiger partial charge is 0.368 e. The summed E-state index contributed by atoms with van der Waals surface area (Å²) in [4.78, 5) is 12.1. The average Bonchev–Trinajstić information content (AvgIpc) is 2.05. The predicted molar refractivity (Wildman–Crippen MR) is 55.6 cm³/mol. The van der Waals surface area contributed by atoms with E-state index < -0.39 is 4.75 Å². The number of carbonyl (C=O) groups excluding carboxylic acids is 1. The standard InChI is InChI=1S/C10H13NOS/c1-10(2,9(11)12)13-8-6-4-3-5-7-8/h3-7H,1-2H3,(H2,11,12). The lowest BCUT2D eigenvalue weighted by molar-refractivity contribution is -0.119. The molecule has 1 aromatic carbocycles. The third-order valence-corrected chi connectivity index (χ3v) is 2.93. The molecular weight excluding hydrogens is 182 g/mol. The molecule has 0 bridgehead atoms. The molecule has 2 N–H and O–H groups in total. The summed E-state index contributed by atoms with van der Waals surface area (Å²) in [7, 11) is 0. The Morgan fingerprint density at radius 3 is 2.31 bits per heavy atom. The summed E-state index contributed by atoms with van der Waals surface area (Å²) >= 11 is 1.48. The van der Waals surface area contributed by atoms with Gasteiger partial charge in [0, 0.05) is 4.90 Å². The van der Waals surface area contributed by atoms with Crippen LogP contribution in [0.5, 0.6) is 0 Å². The Labute approximate surface area is 82.5 Å². The average molecular weight is 195 g/mol. The van der Waals surface area contributed by atoms with E-state index in [0.29, 0.717) is 0 Å². The van der Waals surface area contributed by atoms with E-state index in [1.54, 1.807) is 0 Å². The summed E-state index contributed by atoms with van der Waals surface area (Å²) in [6.45, 7) is 3.65. The Hall–Kier alpha value is -0.960. The maximum Gasteiger partial charge on any atom is 0.233 e. The van der Waals surface area contributed by atoms with Crippen LogP contribution < -0.4 is 5.73 Å². The molecule has 0 radical (unpaired) electrons. The number of amides is 1. The Balaban J connectivity index is 2.75. The fraction of sp³-hybridized carbons (Fsp3) is 0.300. The lowest BCUT2D eigenvalue weighted by Gasteiger charge is -2.19. The van der Waals surface area contributed by atoms with E-state index in [1.807, 2.05) is 44.2 Å². The van der Waals surface area contributed by atoms with E-state index in [4.69, 9.17) is 5.73 Å². The molecule has 0 atom stereocenters. The van der Waals surface area contributed by atoms with Crippen molar-refractivity contribution >= 4 is 17.7 Å². The highest BCUT2D eigenvalue weighted by atomic mass is 32.2. The van der Waals surface area contributed by atoms with Gasteiger partial charge in [0.15, 0.2) is 0 Å². The van der Waals surface area contributed by atoms with Crippen LogP contribution in [0, 0.1) is 0 Å². The summed E-state index contributed by atoms with van der Waals surface area (Å²) in [6, 6.07) is 9.77. The van der Waals surface area contributed by atoms with E-state index >= 15 is 0 Å². The minimum absolute atomic E-state index is 0.290. The van der Waals surface area contributed by atoms with E-state index in [1.165, 1.54) is 11.8 Å². The zero-order chi connectivity index (χ0) is 9.90. The molecule has 1 aromatic rings. The van der Waals surface area contributed by atoms with Gasteiger partial charge in [-0.1, -0.05) is 18.2 Å². The molecule has 2 nitrogen and oxygen atoms in total. The number of hydrogen-bond acceptors (Lipinski definition) is 2. The third kappa shape index (κ3) is 2.77. The van der Waals surface area contributed by atoms with Crippen molar-refractivity contribution in [2.45, 2.75) is 23.5 Å². The van der Waals surface area contributed by atoms with Crippen LogP contribution in [0.4, 0.5) is 0 Å². The molecule has 1 rings (SSSR count). The van der Waals surface area contributed by atoms with Crippen LogP contribution >= 0.6 is 11.8 Å². The summed E-state index contributed by atoms with van der Waals surface area (Å²) < 4.78 is -0.540. The Morgan fingerprint density at radius 2 is 1.85 bits per heavy atom. The first-order valence-electron chi connectivity index (χ1n) is 4.06. The second kappa shape index (κ2) is 3.83. The molecule has 0 heterocycles. The molecule has 0 unspecified atom stereocenters. The number of carbonyl (C=O) groups is 1. The molecule has 0 saturated carbocycles. The fourth-order valence-electron chi connectivity index (χ4n) is 0.833. The quantitative estimate of drug-likeness (QED) is 0.750. The molecule has 0 saturated heterocycles. The molecule has 70 valence electrons. The molecule has 13 heavy (non-hydrogen) atoms. The highest BCUT2D eigenvalue weighted by Gasteiger charge is 2.25. The molecule has 0 spiro atoms. The summed E-state index contributed by atoms with van der Waals surface area (Å²) in [5, 5.41) is 0. The second-order valence-corrected chi connectivity index (χ2v) is 4.99. The van der Waals surface area contributed by atoms with E-state index in [-0.39, 0.29) is 5.91 Å². The minimum Gasteiger partial charge on any atom is -0.368 e. The van der Waals surface area contributed by atoms with Crippen molar-refractivity contribution < 1.29 is 4.79 Å². The molecule has 0 aliphatic carbocycles. The van der Waals surface area contributed by atoms with Crippen molar-refractivity contribution in [3.8, 4) is 0 Å². The van der Waals surface area contributed by atoms with Crippen molar-refractivity contribution in [1.29, 1.82) is 0 Å². The van der Waals surface area contributed by atoms with Crippen molar-refractivity contribution in [2.24, 2.45) is 5.73 Å². The van der Waals surface area contributed by atoms with Crippen LogP contribution in [0.25, 0.3) is 0 Å². The Kier molecular flexibility index (Phi) is 2.98. The first kappa shape index (κ1) is 10.1. The first-order chi connectivity index (χ1) is 6.02. The molecule has 3 heteroatoms. The zero-order valence-corrected chi connectivity index (χ0v) is 8.60. The van der Waals surface area contributed by atoms with Crippen molar-refractivity contribution in [3.63, 3.8) is 0 Å². The number of thioether (sulfide) groups is 1. The number of nitrogens with two attached hydrogens (primary N) is 1. The highest BCUT2D eigenvalue weighted by Crippen LogP contribution is 2.31. The van der Waals surface area contributed by atoms with Crippen molar-refractivity contribution in [2.75, 3.05) is 0 Å². The van der Waals surface area contributed by atoms with E-state index in [0.717, 1.165) is 4.90 Å². The van der Waals surface area contributed by atoms with Gasteiger partial charge in [0.2, 0.25) is 5.91 Å². The monoisotopic (exact) mass is 195 g/mol. The second-order valence-electron chi connectivity index (χ2n) is 3.29. The topological polar surface area (TPSA) is 43.1 Å². The van der Waals surface area contributed by atoms with Crippen molar-refractivity contribution in [1.82, 2.24) is 0 Å². The van der Waals surface area contributed by atoms with Gasteiger partial charge in [-0.3, -0.25) is 4.79 Å². The molecule has 0 aromatic heterocycles. The number of hydrogen-bond donors (Lipinski definition) is 1. The number of rotatable bonds is 3. The molecular formula is C10H13NOS. The van der Waals surface area contributed by atoms with Crippen LogP contribution in [0.2, 0.25) is 0 Å². The summed E-state index contributed by atoms with van der Waals surface area (Å²) in [5.74, 6) is -0.290. The molecule has 0 fully saturated rings. The fourth-order valence-corrected chi connectivity index (χ4v) is 1.82. The maximum absolute atomic E-state index is 11.0. The lowest BCUT2D eigenvalue weighted by Crippen LogP contribution is -2.34. The minimum atomic E-state index is -0.540. The Bertz CT molecular complexity index is 295. The van der Waals surface area contributed by atoms with Crippen molar-refractivity contribution in [3.05, 3.63) is 30.3 Å². The number of primary amides is 1.